The zero-order valence-electron chi connectivity index (χ0n) is 24.9. The van der Waals surface area contributed by atoms with Gasteiger partial charge in [-0.25, -0.2) is 4.79 Å². The summed E-state index contributed by atoms with van der Waals surface area (Å²) in [4.78, 5) is 25.1. The average molecular weight is 679 g/mol. The summed E-state index contributed by atoms with van der Waals surface area (Å²) in [6, 6.07) is 20.1. The molecule has 2 N–H and O–H groups in total. The summed E-state index contributed by atoms with van der Waals surface area (Å²) in [7, 11) is 0. The fraction of sp³-hybridized carbons (Fsp3) is 0.371. The van der Waals surface area contributed by atoms with Crippen molar-refractivity contribution in [3.8, 4) is 5.75 Å². The van der Waals surface area contributed by atoms with Crippen LogP contribution in [-0.4, -0.2) is 27.7 Å². The summed E-state index contributed by atoms with van der Waals surface area (Å²) in [5.41, 5.74) is 8.61. The monoisotopic (exact) mass is 678 g/mol. The Bertz CT molecular complexity index is 1640. The first-order valence-corrected chi connectivity index (χ1v) is 16.2. The summed E-state index contributed by atoms with van der Waals surface area (Å²) >= 11 is 2.36. The molecule has 1 aliphatic rings. The number of carboxylic acid groups (broad SMARTS) is 1. The van der Waals surface area contributed by atoms with Crippen molar-refractivity contribution < 1.29 is 19.4 Å². The largest absolute Gasteiger partial charge is 0.478 e. The number of hydrogen-bond acceptors (Lipinski definition) is 3. The lowest BCUT2D eigenvalue weighted by molar-refractivity contribution is -0.146. The van der Waals surface area contributed by atoms with Gasteiger partial charge in [-0.1, -0.05) is 66.8 Å². The molecular weight excluding hydrogens is 639 g/mol. The SMILES string of the molecule is Cc1c(C)n(Cc2cc(O[C@H](C(=O)O)C3CC3)ccc2CI)c2ccc(C(=O)N[C@@H](C)c3cccc(C(C)C)c3)cc12. The average Bonchev–Trinajstić information content (AvgIpc) is 3.79. The van der Waals surface area contributed by atoms with Crippen LogP contribution in [0.5, 0.6) is 5.75 Å². The van der Waals surface area contributed by atoms with Crippen LogP contribution >= 0.6 is 22.6 Å². The van der Waals surface area contributed by atoms with E-state index in [2.05, 4.69) is 84.4 Å². The lowest BCUT2D eigenvalue weighted by Gasteiger charge is -2.18. The first-order chi connectivity index (χ1) is 20.1. The highest BCUT2D eigenvalue weighted by molar-refractivity contribution is 14.1. The summed E-state index contributed by atoms with van der Waals surface area (Å²) in [6.07, 6.45) is 0.993. The van der Waals surface area contributed by atoms with Crippen molar-refractivity contribution in [2.45, 2.75) is 76.5 Å². The van der Waals surface area contributed by atoms with E-state index in [-0.39, 0.29) is 17.9 Å². The minimum absolute atomic E-state index is 0.0908. The molecule has 6 nitrogen and oxygen atoms in total. The van der Waals surface area contributed by atoms with Crippen LogP contribution in [0.25, 0.3) is 10.9 Å². The van der Waals surface area contributed by atoms with E-state index in [1.54, 1.807) is 0 Å². The standard InChI is InChI=1S/C35H39IN2O4/c1-20(2)25-7-6-8-26(15-25)22(4)37-34(39)27-12-14-32-31(17-27)21(3)23(5)38(32)19-29-16-30(13-11-28(29)18-36)42-33(35(40)41)24-9-10-24/h6-8,11-17,20,22,24,33H,9-10,18-19H2,1-5H3,(H,37,39)(H,40,41)/t22-,33-/m0/s1. The van der Waals surface area contributed by atoms with Gasteiger partial charge in [-0.2, -0.15) is 0 Å². The van der Waals surface area contributed by atoms with E-state index >= 15 is 0 Å². The number of carbonyl (C=O) groups is 2. The summed E-state index contributed by atoms with van der Waals surface area (Å²) in [6.45, 7) is 11.2. The van der Waals surface area contributed by atoms with Crippen molar-refractivity contribution in [3.63, 3.8) is 0 Å². The minimum Gasteiger partial charge on any atom is -0.478 e. The van der Waals surface area contributed by atoms with Crippen molar-refractivity contribution in [2.24, 2.45) is 5.92 Å². The van der Waals surface area contributed by atoms with E-state index < -0.39 is 12.1 Å². The quantitative estimate of drug-likeness (QED) is 0.124. The fourth-order valence-electron chi connectivity index (χ4n) is 5.56. The number of hydrogen-bond donors (Lipinski definition) is 2. The molecule has 3 aromatic carbocycles. The predicted octanol–water partition coefficient (Wildman–Crippen LogP) is 8.10. The summed E-state index contributed by atoms with van der Waals surface area (Å²) < 4.78 is 9.07. The van der Waals surface area contributed by atoms with Crippen LogP contribution in [0.15, 0.2) is 60.7 Å². The van der Waals surface area contributed by atoms with Crippen molar-refractivity contribution in [3.05, 3.63) is 99.7 Å². The van der Waals surface area contributed by atoms with Crippen LogP contribution in [0.1, 0.15) is 89.4 Å². The predicted molar refractivity (Wildman–Crippen MR) is 176 cm³/mol. The number of halogens is 1. The van der Waals surface area contributed by atoms with Gasteiger partial charge in [0, 0.05) is 39.1 Å². The van der Waals surface area contributed by atoms with Gasteiger partial charge < -0.3 is 19.7 Å². The van der Waals surface area contributed by atoms with Gasteiger partial charge in [0.25, 0.3) is 5.91 Å². The number of ether oxygens (including phenoxy) is 1. The summed E-state index contributed by atoms with van der Waals surface area (Å²) in [5.74, 6) is 0.115. The second-order valence-corrected chi connectivity index (χ2v) is 12.6. The molecule has 2 atom stereocenters. The highest BCUT2D eigenvalue weighted by Gasteiger charge is 2.38. The molecule has 1 heterocycles. The van der Waals surface area contributed by atoms with Crippen LogP contribution in [0.2, 0.25) is 0 Å². The lowest BCUT2D eigenvalue weighted by atomic mass is 9.98. The van der Waals surface area contributed by atoms with Gasteiger partial charge in [-0.3, -0.25) is 4.79 Å². The first-order valence-electron chi connectivity index (χ1n) is 14.6. The third-order valence-corrected chi connectivity index (χ3v) is 9.35. The lowest BCUT2D eigenvalue weighted by Crippen LogP contribution is -2.29. The van der Waals surface area contributed by atoms with Crippen LogP contribution in [0, 0.1) is 19.8 Å². The molecule has 0 saturated heterocycles. The Labute approximate surface area is 261 Å². The number of amides is 1. The molecule has 0 bridgehead atoms. The van der Waals surface area contributed by atoms with Crippen LogP contribution in [0.3, 0.4) is 0 Å². The number of alkyl halides is 1. The molecule has 0 aliphatic heterocycles. The fourth-order valence-corrected chi connectivity index (χ4v) is 6.31. The van der Waals surface area contributed by atoms with Crippen molar-refractivity contribution >= 4 is 45.4 Å². The van der Waals surface area contributed by atoms with Gasteiger partial charge in [0.2, 0.25) is 0 Å². The van der Waals surface area contributed by atoms with Gasteiger partial charge in [-0.05, 0) is 97.7 Å². The first kappa shape index (κ1) is 30.1. The van der Waals surface area contributed by atoms with E-state index in [0.29, 0.717) is 23.8 Å². The van der Waals surface area contributed by atoms with Crippen molar-refractivity contribution in [1.29, 1.82) is 0 Å². The number of nitrogens with one attached hydrogen (secondary N) is 1. The van der Waals surface area contributed by atoms with E-state index in [4.69, 9.17) is 4.74 Å². The Kier molecular flexibility index (Phi) is 8.97. The molecule has 7 heteroatoms. The molecule has 1 fully saturated rings. The number of carbonyl (C=O) groups excluding carboxylic acids is 1. The number of benzene rings is 3. The molecule has 0 spiro atoms. The maximum atomic E-state index is 13.3. The van der Waals surface area contributed by atoms with E-state index in [0.717, 1.165) is 50.6 Å². The van der Waals surface area contributed by atoms with Crippen molar-refractivity contribution in [1.82, 2.24) is 9.88 Å². The number of aliphatic carboxylic acids is 1. The van der Waals surface area contributed by atoms with E-state index in [1.807, 2.05) is 43.3 Å². The topological polar surface area (TPSA) is 80.6 Å². The Hall–Kier alpha value is -3.33. The van der Waals surface area contributed by atoms with Gasteiger partial charge >= 0.3 is 5.97 Å². The second-order valence-electron chi connectivity index (χ2n) is 11.8. The zero-order valence-corrected chi connectivity index (χ0v) is 27.1. The van der Waals surface area contributed by atoms with Crippen LogP contribution < -0.4 is 10.1 Å². The Morgan fingerprint density at radius 1 is 1.00 bits per heavy atom. The summed E-state index contributed by atoms with van der Waals surface area (Å²) in [5, 5.41) is 13.9. The molecule has 1 amide bonds. The number of nitrogens with zero attached hydrogens (tertiary/aromatic N) is 1. The normalized spacial score (nSPS) is 14.6. The number of aryl methyl sites for hydroxylation is 1. The van der Waals surface area contributed by atoms with Crippen molar-refractivity contribution in [2.75, 3.05) is 0 Å². The smallest absolute Gasteiger partial charge is 0.345 e. The molecule has 42 heavy (non-hydrogen) atoms. The third kappa shape index (κ3) is 6.36. The van der Waals surface area contributed by atoms with Gasteiger partial charge in [0.15, 0.2) is 6.10 Å². The Morgan fingerprint density at radius 2 is 1.74 bits per heavy atom. The van der Waals surface area contributed by atoms with Gasteiger partial charge in [0.1, 0.15) is 5.75 Å². The second kappa shape index (κ2) is 12.5. The zero-order chi connectivity index (χ0) is 30.1. The minimum atomic E-state index is -0.904. The van der Waals surface area contributed by atoms with Gasteiger partial charge in [0.05, 0.1) is 6.04 Å². The third-order valence-electron chi connectivity index (χ3n) is 8.53. The van der Waals surface area contributed by atoms with Crippen LogP contribution in [-0.2, 0) is 15.8 Å². The molecule has 220 valence electrons. The highest BCUT2D eigenvalue weighted by Crippen LogP contribution is 2.36. The molecule has 1 saturated carbocycles. The molecule has 1 aliphatic carbocycles. The number of carboxylic acids is 1. The maximum absolute atomic E-state index is 13.3. The Balaban J connectivity index is 1.40. The molecule has 5 rings (SSSR count). The van der Waals surface area contributed by atoms with E-state index in [9.17, 15) is 14.7 Å². The molecule has 4 aromatic rings. The molecule has 0 radical (unpaired) electrons. The number of fused-ring (bicyclic) bond motifs is 1. The molecular formula is C35H39IN2O4. The Morgan fingerprint density at radius 3 is 2.40 bits per heavy atom. The molecule has 1 aromatic heterocycles. The van der Waals surface area contributed by atoms with Gasteiger partial charge in [-0.15, -0.1) is 0 Å². The number of rotatable bonds is 11. The van der Waals surface area contributed by atoms with E-state index in [1.165, 1.54) is 11.1 Å². The molecule has 0 unspecified atom stereocenters. The highest BCUT2D eigenvalue weighted by atomic mass is 127. The maximum Gasteiger partial charge on any atom is 0.345 e. The van der Waals surface area contributed by atoms with Crippen LogP contribution in [0.4, 0.5) is 0 Å². The number of aromatic nitrogens is 1.